The summed E-state index contributed by atoms with van der Waals surface area (Å²) in [7, 11) is 1.92. The number of aliphatic imine (C=N–C) groups is 1. The first-order valence-corrected chi connectivity index (χ1v) is 8.43. The Labute approximate surface area is 116 Å². The van der Waals surface area contributed by atoms with Gasteiger partial charge in [-0.25, -0.2) is 0 Å². The van der Waals surface area contributed by atoms with Crippen LogP contribution in [0.1, 0.15) is 39.5 Å². The van der Waals surface area contributed by atoms with Gasteiger partial charge in [0.2, 0.25) is 0 Å². The molecular weight excluding hydrogens is 242 g/mol. The minimum atomic E-state index is 0.693. The van der Waals surface area contributed by atoms with Gasteiger partial charge >= 0.3 is 0 Å². The topological polar surface area (TPSA) is 27.6 Å². The van der Waals surface area contributed by atoms with Crippen molar-refractivity contribution in [3.05, 3.63) is 0 Å². The number of guanidine groups is 1. The second kappa shape index (κ2) is 6.69. The van der Waals surface area contributed by atoms with Gasteiger partial charge in [-0.15, -0.1) is 0 Å². The Morgan fingerprint density at radius 3 is 2.94 bits per heavy atom. The van der Waals surface area contributed by atoms with Gasteiger partial charge in [0, 0.05) is 37.2 Å². The molecule has 0 aromatic heterocycles. The molecule has 2 fully saturated rings. The number of hydrogen-bond acceptors (Lipinski definition) is 2. The van der Waals surface area contributed by atoms with E-state index < -0.39 is 0 Å². The molecule has 0 aromatic rings. The lowest BCUT2D eigenvalue weighted by Gasteiger charge is -2.34. The quantitative estimate of drug-likeness (QED) is 0.628. The average molecular weight is 269 g/mol. The predicted molar refractivity (Wildman–Crippen MR) is 81.4 cm³/mol. The van der Waals surface area contributed by atoms with E-state index in [1.807, 2.05) is 7.05 Å². The van der Waals surface area contributed by atoms with Crippen LogP contribution in [-0.2, 0) is 0 Å². The van der Waals surface area contributed by atoms with Crippen LogP contribution in [-0.4, -0.2) is 48.0 Å². The minimum Gasteiger partial charge on any atom is -0.353 e. The maximum Gasteiger partial charge on any atom is 0.193 e. The fraction of sp³-hybridized carbons (Fsp3) is 0.929. The Morgan fingerprint density at radius 1 is 1.44 bits per heavy atom. The third-order valence-electron chi connectivity index (χ3n) is 4.00. The number of thioether (sulfide) groups is 1. The number of nitrogens with zero attached hydrogens (tertiary/aromatic N) is 2. The molecule has 1 aliphatic carbocycles. The standard InChI is InChI=1S/C14H27N3S/c1-4-6-11-9-13(11)16-14(15-3)17-7-8-18-12(5-2)10-17/h11-13H,4-10H2,1-3H3,(H,15,16). The maximum absolute atomic E-state index is 4.48. The van der Waals surface area contributed by atoms with Gasteiger partial charge in [-0.05, 0) is 25.2 Å². The molecule has 3 nitrogen and oxygen atoms in total. The molecule has 0 radical (unpaired) electrons. The van der Waals surface area contributed by atoms with E-state index in [9.17, 15) is 0 Å². The fourth-order valence-corrected chi connectivity index (χ4v) is 3.92. The first-order valence-electron chi connectivity index (χ1n) is 7.38. The monoisotopic (exact) mass is 269 g/mol. The zero-order valence-electron chi connectivity index (χ0n) is 12.0. The van der Waals surface area contributed by atoms with Gasteiger partial charge in [-0.1, -0.05) is 20.3 Å². The third-order valence-corrected chi connectivity index (χ3v) is 5.37. The van der Waals surface area contributed by atoms with Crippen LogP contribution >= 0.6 is 11.8 Å². The molecule has 2 rings (SSSR count). The van der Waals surface area contributed by atoms with Crippen LogP contribution in [0, 0.1) is 5.92 Å². The van der Waals surface area contributed by atoms with Gasteiger partial charge in [0.15, 0.2) is 5.96 Å². The van der Waals surface area contributed by atoms with E-state index in [4.69, 9.17) is 0 Å². The molecule has 0 spiro atoms. The lowest BCUT2D eigenvalue weighted by atomic mass is 10.2. The molecule has 4 heteroatoms. The first kappa shape index (κ1) is 14.0. The van der Waals surface area contributed by atoms with Crippen LogP contribution in [0.25, 0.3) is 0 Å². The largest absolute Gasteiger partial charge is 0.353 e. The van der Waals surface area contributed by atoms with Crippen molar-refractivity contribution in [1.29, 1.82) is 0 Å². The zero-order chi connectivity index (χ0) is 13.0. The summed E-state index contributed by atoms with van der Waals surface area (Å²) in [4.78, 5) is 6.93. The molecule has 1 saturated heterocycles. The van der Waals surface area contributed by atoms with E-state index in [2.05, 4.69) is 40.8 Å². The Bertz CT molecular complexity index is 293. The summed E-state index contributed by atoms with van der Waals surface area (Å²) in [6, 6.07) is 0.693. The van der Waals surface area contributed by atoms with Crippen molar-refractivity contribution in [2.24, 2.45) is 10.9 Å². The Hall–Kier alpha value is -0.380. The van der Waals surface area contributed by atoms with Gasteiger partial charge in [0.1, 0.15) is 0 Å². The van der Waals surface area contributed by atoms with Crippen LogP contribution < -0.4 is 5.32 Å². The van der Waals surface area contributed by atoms with E-state index >= 15 is 0 Å². The molecule has 1 saturated carbocycles. The lowest BCUT2D eigenvalue weighted by Crippen LogP contribution is -2.48. The second-order valence-electron chi connectivity index (χ2n) is 5.43. The molecule has 1 aliphatic heterocycles. The Balaban J connectivity index is 1.82. The fourth-order valence-electron chi connectivity index (χ4n) is 2.74. The molecule has 18 heavy (non-hydrogen) atoms. The second-order valence-corrected chi connectivity index (χ2v) is 6.84. The van der Waals surface area contributed by atoms with E-state index in [1.54, 1.807) is 0 Å². The van der Waals surface area contributed by atoms with E-state index in [0.29, 0.717) is 6.04 Å². The van der Waals surface area contributed by atoms with Gasteiger partial charge in [-0.3, -0.25) is 4.99 Å². The third kappa shape index (κ3) is 3.56. The summed E-state index contributed by atoms with van der Waals surface area (Å²) in [6.07, 6.45) is 5.27. The van der Waals surface area contributed by atoms with E-state index in [1.165, 1.54) is 31.4 Å². The highest BCUT2D eigenvalue weighted by Gasteiger charge is 2.37. The molecule has 1 N–H and O–H groups in total. The summed E-state index contributed by atoms with van der Waals surface area (Å²) >= 11 is 2.11. The van der Waals surface area contributed by atoms with Crippen LogP contribution in [0.15, 0.2) is 4.99 Å². The van der Waals surface area contributed by atoms with Gasteiger partial charge < -0.3 is 10.2 Å². The van der Waals surface area contributed by atoms with Crippen molar-refractivity contribution in [2.75, 3.05) is 25.9 Å². The van der Waals surface area contributed by atoms with Crippen LogP contribution in [0.4, 0.5) is 0 Å². The van der Waals surface area contributed by atoms with Gasteiger partial charge in [0.05, 0.1) is 0 Å². The number of rotatable bonds is 4. The van der Waals surface area contributed by atoms with Crippen LogP contribution in [0.2, 0.25) is 0 Å². The Morgan fingerprint density at radius 2 is 2.28 bits per heavy atom. The highest BCUT2D eigenvalue weighted by atomic mass is 32.2. The summed E-state index contributed by atoms with van der Waals surface area (Å²) in [5, 5.41) is 4.44. The molecule has 1 heterocycles. The van der Waals surface area contributed by atoms with E-state index in [-0.39, 0.29) is 0 Å². The normalized spacial score (nSPS) is 32.5. The summed E-state index contributed by atoms with van der Waals surface area (Å²) < 4.78 is 0. The van der Waals surface area contributed by atoms with E-state index in [0.717, 1.165) is 30.2 Å². The van der Waals surface area contributed by atoms with Gasteiger partial charge in [0.25, 0.3) is 0 Å². The summed E-state index contributed by atoms with van der Waals surface area (Å²) in [5.74, 6) is 3.27. The SMILES string of the molecule is CCCC1CC1NC(=NC)N1CCSC(CC)C1. The number of hydrogen-bond donors (Lipinski definition) is 1. The smallest absolute Gasteiger partial charge is 0.193 e. The van der Waals surface area contributed by atoms with Crippen molar-refractivity contribution in [3.8, 4) is 0 Å². The summed E-state index contributed by atoms with van der Waals surface area (Å²) in [6.45, 7) is 6.87. The van der Waals surface area contributed by atoms with Gasteiger partial charge in [-0.2, -0.15) is 11.8 Å². The highest BCUT2D eigenvalue weighted by molar-refractivity contribution is 8.00. The van der Waals surface area contributed by atoms with Crippen LogP contribution in [0.5, 0.6) is 0 Å². The predicted octanol–water partition coefficient (Wildman–Crippen LogP) is 2.58. The molecular formula is C14H27N3S. The summed E-state index contributed by atoms with van der Waals surface area (Å²) in [5.41, 5.74) is 0. The molecule has 0 amide bonds. The Kier molecular flexibility index (Phi) is 5.22. The van der Waals surface area contributed by atoms with Crippen LogP contribution in [0.3, 0.4) is 0 Å². The minimum absolute atomic E-state index is 0.693. The molecule has 0 aromatic carbocycles. The van der Waals surface area contributed by atoms with Crippen molar-refractivity contribution >= 4 is 17.7 Å². The van der Waals surface area contributed by atoms with Crippen molar-refractivity contribution in [1.82, 2.24) is 10.2 Å². The maximum atomic E-state index is 4.48. The number of nitrogens with one attached hydrogen (secondary N) is 1. The highest BCUT2D eigenvalue weighted by Crippen LogP contribution is 2.34. The molecule has 2 aliphatic rings. The van der Waals surface area contributed by atoms with Crippen molar-refractivity contribution in [3.63, 3.8) is 0 Å². The zero-order valence-corrected chi connectivity index (χ0v) is 12.8. The first-order chi connectivity index (χ1) is 8.78. The molecule has 0 bridgehead atoms. The van der Waals surface area contributed by atoms with Crippen molar-refractivity contribution < 1.29 is 0 Å². The van der Waals surface area contributed by atoms with Crippen molar-refractivity contribution in [2.45, 2.75) is 50.8 Å². The molecule has 3 unspecified atom stereocenters. The molecule has 104 valence electrons. The lowest BCUT2D eigenvalue weighted by molar-refractivity contribution is 0.406. The average Bonchev–Trinajstić information content (AvgIpc) is 3.14. The molecule has 3 atom stereocenters.